The fourth-order valence-electron chi connectivity index (χ4n) is 1.56. The highest BCUT2D eigenvalue weighted by Crippen LogP contribution is 2.11. The molecule has 0 aliphatic carbocycles. The number of amidine groups is 1. The van der Waals surface area contributed by atoms with Crippen molar-refractivity contribution in [1.82, 2.24) is 5.32 Å². The Bertz CT molecular complexity index is 552. The molecule has 0 amide bonds. The molecule has 2 N–H and O–H groups in total. The average molecular weight is 371 g/mol. The number of nitrogens with one attached hydrogen (secondary N) is 2. The second-order valence-electron chi connectivity index (χ2n) is 3.87. The van der Waals surface area contributed by atoms with Crippen molar-refractivity contribution in [3.05, 3.63) is 68.3 Å². The molecular formula is C14H12ClIN2. The summed E-state index contributed by atoms with van der Waals surface area (Å²) in [6, 6.07) is 15.5. The van der Waals surface area contributed by atoms with E-state index in [0.717, 1.165) is 16.1 Å². The maximum absolute atomic E-state index is 7.96. The summed E-state index contributed by atoms with van der Waals surface area (Å²) in [5, 5.41) is 11.8. The van der Waals surface area contributed by atoms with Gasteiger partial charge in [-0.05, 0) is 52.4 Å². The minimum absolute atomic E-state index is 0.423. The van der Waals surface area contributed by atoms with Gasteiger partial charge in [0.1, 0.15) is 5.84 Å². The van der Waals surface area contributed by atoms with Crippen LogP contribution in [0.4, 0.5) is 0 Å². The van der Waals surface area contributed by atoms with Crippen LogP contribution in [-0.2, 0) is 6.54 Å². The van der Waals surface area contributed by atoms with Gasteiger partial charge in [-0.25, -0.2) is 0 Å². The highest BCUT2D eigenvalue weighted by atomic mass is 127. The molecule has 0 saturated heterocycles. The van der Waals surface area contributed by atoms with E-state index < -0.39 is 0 Å². The molecule has 0 spiro atoms. The van der Waals surface area contributed by atoms with Crippen molar-refractivity contribution in [3.8, 4) is 0 Å². The topological polar surface area (TPSA) is 35.9 Å². The molecule has 2 rings (SSSR count). The van der Waals surface area contributed by atoms with Crippen LogP contribution in [-0.4, -0.2) is 5.84 Å². The SMILES string of the molecule is N=C(NCc1cccc(Cl)c1)c1ccc(I)cc1. The van der Waals surface area contributed by atoms with Crippen LogP contribution in [0.1, 0.15) is 11.1 Å². The zero-order chi connectivity index (χ0) is 13.0. The number of benzene rings is 2. The third kappa shape index (κ3) is 3.71. The number of hydrogen-bond donors (Lipinski definition) is 2. The standard InChI is InChI=1S/C14H12ClIN2/c15-12-3-1-2-10(8-12)9-18-14(17)11-4-6-13(16)7-5-11/h1-8H,9H2,(H2,17,18). The molecule has 0 aromatic heterocycles. The van der Waals surface area contributed by atoms with Gasteiger partial charge in [0.25, 0.3) is 0 Å². The largest absolute Gasteiger partial charge is 0.366 e. The first-order chi connectivity index (χ1) is 8.65. The van der Waals surface area contributed by atoms with Crippen LogP contribution in [0.2, 0.25) is 5.02 Å². The van der Waals surface area contributed by atoms with Gasteiger partial charge in [0.2, 0.25) is 0 Å². The summed E-state index contributed by atoms with van der Waals surface area (Å²) >= 11 is 8.16. The first kappa shape index (κ1) is 13.4. The highest BCUT2D eigenvalue weighted by molar-refractivity contribution is 14.1. The summed E-state index contributed by atoms with van der Waals surface area (Å²) in [6.07, 6.45) is 0. The summed E-state index contributed by atoms with van der Waals surface area (Å²) in [4.78, 5) is 0. The first-order valence-electron chi connectivity index (χ1n) is 5.48. The lowest BCUT2D eigenvalue weighted by molar-refractivity contribution is 0.908. The van der Waals surface area contributed by atoms with E-state index in [0.29, 0.717) is 12.4 Å². The van der Waals surface area contributed by atoms with Gasteiger partial charge in [-0.2, -0.15) is 0 Å². The molecular weight excluding hydrogens is 359 g/mol. The Balaban J connectivity index is 1.98. The molecule has 0 heterocycles. The van der Waals surface area contributed by atoms with Gasteiger partial charge in [0, 0.05) is 20.7 Å². The summed E-state index contributed by atoms with van der Waals surface area (Å²) in [5.41, 5.74) is 1.95. The molecule has 0 bridgehead atoms. The van der Waals surface area contributed by atoms with Gasteiger partial charge >= 0.3 is 0 Å². The third-order valence-electron chi connectivity index (χ3n) is 2.49. The van der Waals surface area contributed by atoms with E-state index in [1.165, 1.54) is 3.57 Å². The molecule has 0 aliphatic heterocycles. The van der Waals surface area contributed by atoms with Crippen molar-refractivity contribution in [1.29, 1.82) is 5.41 Å². The zero-order valence-corrected chi connectivity index (χ0v) is 12.5. The normalized spacial score (nSPS) is 10.1. The van der Waals surface area contributed by atoms with Crippen molar-refractivity contribution in [2.24, 2.45) is 0 Å². The predicted octanol–water partition coefficient (Wildman–Crippen LogP) is 4.06. The van der Waals surface area contributed by atoms with E-state index >= 15 is 0 Å². The minimum atomic E-state index is 0.423. The molecule has 92 valence electrons. The van der Waals surface area contributed by atoms with Crippen LogP contribution >= 0.6 is 34.2 Å². The van der Waals surface area contributed by atoms with E-state index in [2.05, 4.69) is 27.9 Å². The first-order valence-corrected chi connectivity index (χ1v) is 6.93. The number of hydrogen-bond acceptors (Lipinski definition) is 1. The molecule has 4 heteroatoms. The van der Waals surface area contributed by atoms with Crippen LogP contribution < -0.4 is 5.32 Å². The lowest BCUT2D eigenvalue weighted by Crippen LogP contribution is -2.22. The molecule has 2 aromatic carbocycles. The van der Waals surface area contributed by atoms with Crippen LogP contribution in [0.3, 0.4) is 0 Å². The Kier molecular flexibility index (Phi) is 4.60. The summed E-state index contributed by atoms with van der Waals surface area (Å²) in [7, 11) is 0. The van der Waals surface area contributed by atoms with E-state index in [1.54, 1.807) is 0 Å². The van der Waals surface area contributed by atoms with Gasteiger partial charge in [0.15, 0.2) is 0 Å². The van der Waals surface area contributed by atoms with Crippen molar-refractivity contribution < 1.29 is 0 Å². The molecule has 18 heavy (non-hydrogen) atoms. The lowest BCUT2D eigenvalue weighted by atomic mass is 10.2. The van der Waals surface area contributed by atoms with E-state index in [9.17, 15) is 0 Å². The van der Waals surface area contributed by atoms with Crippen molar-refractivity contribution >= 4 is 40.0 Å². The quantitative estimate of drug-likeness (QED) is 0.477. The van der Waals surface area contributed by atoms with Crippen LogP contribution in [0, 0.1) is 8.98 Å². The fourth-order valence-corrected chi connectivity index (χ4v) is 2.13. The Morgan fingerprint density at radius 2 is 1.89 bits per heavy atom. The Hall–Kier alpha value is -1.07. The van der Waals surface area contributed by atoms with E-state index in [4.69, 9.17) is 17.0 Å². The maximum atomic E-state index is 7.96. The molecule has 0 radical (unpaired) electrons. The van der Waals surface area contributed by atoms with Gasteiger partial charge in [-0.3, -0.25) is 5.41 Å². The molecule has 0 atom stereocenters. The third-order valence-corrected chi connectivity index (χ3v) is 3.45. The summed E-state index contributed by atoms with van der Waals surface area (Å²) in [6.45, 7) is 0.603. The summed E-state index contributed by atoms with van der Waals surface area (Å²) in [5.74, 6) is 0.423. The second-order valence-corrected chi connectivity index (χ2v) is 5.55. The molecule has 2 nitrogen and oxygen atoms in total. The fraction of sp³-hybridized carbons (Fsp3) is 0.0714. The molecule has 0 saturated carbocycles. The van der Waals surface area contributed by atoms with Crippen molar-refractivity contribution in [2.45, 2.75) is 6.54 Å². The van der Waals surface area contributed by atoms with Crippen molar-refractivity contribution in [3.63, 3.8) is 0 Å². The summed E-state index contributed by atoms with van der Waals surface area (Å²) < 4.78 is 1.17. The minimum Gasteiger partial charge on any atom is -0.366 e. The molecule has 0 unspecified atom stereocenters. The molecule has 0 fully saturated rings. The van der Waals surface area contributed by atoms with Crippen LogP contribution in [0.5, 0.6) is 0 Å². The molecule has 2 aromatic rings. The maximum Gasteiger partial charge on any atom is 0.125 e. The van der Waals surface area contributed by atoms with Crippen LogP contribution in [0.25, 0.3) is 0 Å². The number of rotatable bonds is 3. The number of halogens is 2. The zero-order valence-electron chi connectivity index (χ0n) is 9.58. The smallest absolute Gasteiger partial charge is 0.125 e. The Morgan fingerprint density at radius 1 is 1.17 bits per heavy atom. The Labute approximate surface area is 125 Å². The van der Waals surface area contributed by atoms with E-state index in [1.807, 2.05) is 48.5 Å². The Morgan fingerprint density at radius 3 is 2.56 bits per heavy atom. The van der Waals surface area contributed by atoms with Gasteiger partial charge in [-0.1, -0.05) is 35.9 Å². The average Bonchev–Trinajstić information content (AvgIpc) is 2.37. The second kappa shape index (κ2) is 6.20. The monoisotopic (exact) mass is 370 g/mol. The van der Waals surface area contributed by atoms with E-state index in [-0.39, 0.29) is 0 Å². The highest BCUT2D eigenvalue weighted by Gasteiger charge is 2.01. The van der Waals surface area contributed by atoms with Gasteiger partial charge in [0.05, 0.1) is 0 Å². The van der Waals surface area contributed by atoms with Crippen LogP contribution in [0.15, 0.2) is 48.5 Å². The predicted molar refractivity (Wildman–Crippen MR) is 84.3 cm³/mol. The van der Waals surface area contributed by atoms with Gasteiger partial charge < -0.3 is 5.32 Å². The lowest BCUT2D eigenvalue weighted by Gasteiger charge is -2.08. The molecule has 0 aliphatic rings. The van der Waals surface area contributed by atoms with Gasteiger partial charge in [-0.15, -0.1) is 0 Å². The van der Waals surface area contributed by atoms with Crippen molar-refractivity contribution in [2.75, 3.05) is 0 Å².